The Kier molecular flexibility index (Phi) is 6.06. The van der Waals surface area contributed by atoms with E-state index in [4.69, 9.17) is 11.6 Å². The molecule has 1 N–H and O–H groups in total. The molecule has 9 heteroatoms. The first kappa shape index (κ1) is 22.2. The van der Waals surface area contributed by atoms with Crippen molar-refractivity contribution in [1.82, 2.24) is 29.4 Å². The fraction of sp³-hybridized carbons (Fsp3) is 0.280. The lowest BCUT2D eigenvalue weighted by Gasteiger charge is -2.25. The van der Waals surface area contributed by atoms with Crippen molar-refractivity contribution in [3.8, 4) is 11.3 Å². The van der Waals surface area contributed by atoms with Gasteiger partial charge in [0.15, 0.2) is 5.82 Å². The smallest absolute Gasteiger partial charge is 0.314 e. The number of nitrogens with one attached hydrogen (secondary N) is 1. The molecule has 1 aliphatic heterocycles. The summed E-state index contributed by atoms with van der Waals surface area (Å²) in [6.07, 6.45) is 1.75. The lowest BCUT2D eigenvalue weighted by molar-refractivity contribution is 0.203. The number of aryl methyl sites for hydroxylation is 2. The molecular weight excluding hydrogens is 450 g/mol. The van der Waals surface area contributed by atoms with Gasteiger partial charge in [-0.1, -0.05) is 54.1 Å². The van der Waals surface area contributed by atoms with Crippen molar-refractivity contribution < 1.29 is 4.79 Å². The van der Waals surface area contributed by atoms with Crippen molar-refractivity contribution in [2.45, 2.75) is 32.4 Å². The summed E-state index contributed by atoms with van der Waals surface area (Å²) >= 11 is 6.04. The minimum Gasteiger partial charge on any atom is -0.314 e. The standard InChI is InChI=1S/C25H26ClN7O/c1-17-28-29-24(33(17)16-18-10-12-20(26)13-11-18)22-9-6-14-32(22)25(34)27-23-15-21(30-31(23)2)19-7-4-3-5-8-19/h3-5,7-8,10-13,15,22H,6,9,14,16H2,1-2H3,(H,27,34)/t22-/m1/s1. The molecule has 1 aliphatic rings. The van der Waals surface area contributed by atoms with Gasteiger partial charge < -0.3 is 9.47 Å². The molecule has 8 nitrogen and oxygen atoms in total. The van der Waals surface area contributed by atoms with Gasteiger partial charge in [-0.3, -0.25) is 10.00 Å². The normalized spacial score (nSPS) is 15.6. The molecule has 34 heavy (non-hydrogen) atoms. The number of hydrogen-bond acceptors (Lipinski definition) is 4. The van der Waals surface area contributed by atoms with Gasteiger partial charge in [0, 0.05) is 30.2 Å². The van der Waals surface area contributed by atoms with Gasteiger partial charge in [0.05, 0.1) is 18.3 Å². The van der Waals surface area contributed by atoms with E-state index in [0.717, 1.165) is 41.3 Å². The van der Waals surface area contributed by atoms with Crippen LogP contribution < -0.4 is 5.32 Å². The third kappa shape index (κ3) is 4.41. The number of urea groups is 1. The van der Waals surface area contributed by atoms with Crippen LogP contribution in [0.2, 0.25) is 5.02 Å². The highest BCUT2D eigenvalue weighted by Crippen LogP contribution is 2.32. The van der Waals surface area contributed by atoms with Crippen molar-refractivity contribution in [1.29, 1.82) is 0 Å². The maximum Gasteiger partial charge on any atom is 0.323 e. The monoisotopic (exact) mass is 475 g/mol. The minimum absolute atomic E-state index is 0.143. The highest BCUT2D eigenvalue weighted by atomic mass is 35.5. The zero-order valence-electron chi connectivity index (χ0n) is 19.1. The molecular formula is C25H26ClN7O. The van der Waals surface area contributed by atoms with Gasteiger partial charge in [-0.25, -0.2) is 4.79 Å². The van der Waals surface area contributed by atoms with Crippen LogP contribution in [0.3, 0.4) is 0 Å². The molecule has 2 aromatic carbocycles. The predicted molar refractivity (Wildman–Crippen MR) is 132 cm³/mol. The maximum atomic E-state index is 13.3. The number of amides is 2. The average molecular weight is 476 g/mol. The zero-order valence-corrected chi connectivity index (χ0v) is 19.9. The summed E-state index contributed by atoms with van der Waals surface area (Å²) in [5.74, 6) is 2.26. The Labute approximate surface area is 203 Å². The lowest BCUT2D eigenvalue weighted by Crippen LogP contribution is -2.36. The van der Waals surface area contributed by atoms with Crippen LogP contribution in [0, 0.1) is 6.92 Å². The van der Waals surface area contributed by atoms with Crippen molar-refractivity contribution in [3.63, 3.8) is 0 Å². The molecule has 1 fully saturated rings. The summed E-state index contributed by atoms with van der Waals surface area (Å²) in [4.78, 5) is 15.2. The predicted octanol–water partition coefficient (Wildman–Crippen LogP) is 5.06. The molecule has 2 amide bonds. The fourth-order valence-corrected chi connectivity index (χ4v) is 4.53. The molecule has 2 aromatic heterocycles. The fourth-order valence-electron chi connectivity index (χ4n) is 4.41. The Morgan fingerprint density at radius 1 is 1.12 bits per heavy atom. The van der Waals surface area contributed by atoms with E-state index in [1.54, 1.807) is 4.68 Å². The van der Waals surface area contributed by atoms with Crippen LogP contribution in [0.1, 0.15) is 36.1 Å². The second-order valence-corrected chi connectivity index (χ2v) is 8.94. The number of nitrogens with zero attached hydrogens (tertiary/aromatic N) is 6. The molecule has 1 atom stereocenters. The van der Waals surface area contributed by atoms with Crippen LogP contribution in [0.4, 0.5) is 10.6 Å². The maximum absolute atomic E-state index is 13.3. The molecule has 0 spiro atoms. The average Bonchev–Trinajstić information content (AvgIpc) is 3.56. The van der Waals surface area contributed by atoms with E-state index in [-0.39, 0.29) is 12.1 Å². The Hall–Kier alpha value is -3.65. The number of likely N-dealkylation sites (tertiary alicyclic amines) is 1. The van der Waals surface area contributed by atoms with Crippen LogP contribution in [0.15, 0.2) is 60.7 Å². The topological polar surface area (TPSA) is 80.9 Å². The first-order chi connectivity index (χ1) is 16.5. The number of carbonyl (C=O) groups excluding carboxylic acids is 1. The van der Waals surface area contributed by atoms with Gasteiger partial charge >= 0.3 is 6.03 Å². The lowest BCUT2D eigenvalue weighted by atomic mass is 10.1. The van der Waals surface area contributed by atoms with Crippen LogP contribution in [0.25, 0.3) is 11.3 Å². The molecule has 0 unspecified atom stereocenters. The van der Waals surface area contributed by atoms with E-state index < -0.39 is 0 Å². The van der Waals surface area contributed by atoms with Crippen molar-refractivity contribution in [3.05, 3.63) is 82.9 Å². The summed E-state index contributed by atoms with van der Waals surface area (Å²) < 4.78 is 3.77. The van der Waals surface area contributed by atoms with E-state index in [2.05, 4.69) is 25.2 Å². The van der Waals surface area contributed by atoms with Gasteiger partial charge in [0.25, 0.3) is 0 Å². The van der Waals surface area contributed by atoms with Gasteiger partial charge in [-0.15, -0.1) is 10.2 Å². The highest BCUT2D eigenvalue weighted by Gasteiger charge is 2.34. The third-order valence-electron chi connectivity index (χ3n) is 6.21. The summed E-state index contributed by atoms with van der Waals surface area (Å²) in [6, 6.07) is 19.3. The van der Waals surface area contributed by atoms with E-state index in [0.29, 0.717) is 23.9 Å². The van der Waals surface area contributed by atoms with E-state index in [1.807, 2.05) is 79.5 Å². The molecule has 5 rings (SSSR count). The second kappa shape index (κ2) is 9.30. The first-order valence-electron chi connectivity index (χ1n) is 11.3. The first-order valence-corrected chi connectivity index (χ1v) is 11.7. The Bertz CT molecular complexity index is 1300. The van der Waals surface area contributed by atoms with Gasteiger partial charge in [0.2, 0.25) is 0 Å². The van der Waals surface area contributed by atoms with E-state index in [9.17, 15) is 4.79 Å². The molecule has 4 aromatic rings. The largest absolute Gasteiger partial charge is 0.323 e. The summed E-state index contributed by atoms with van der Waals surface area (Å²) in [7, 11) is 1.83. The van der Waals surface area contributed by atoms with Crippen molar-refractivity contribution in [2.75, 3.05) is 11.9 Å². The molecule has 1 saturated heterocycles. The van der Waals surface area contributed by atoms with Gasteiger partial charge in [-0.2, -0.15) is 5.10 Å². The summed E-state index contributed by atoms with van der Waals surface area (Å²) in [6.45, 7) is 3.22. The number of aromatic nitrogens is 5. The molecule has 0 saturated carbocycles. The summed E-state index contributed by atoms with van der Waals surface area (Å²) in [5.41, 5.74) is 2.92. The second-order valence-electron chi connectivity index (χ2n) is 8.50. The van der Waals surface area contributed by atoms with Crippen LogP contribution in [0.5, 0.6) is 0 Å². The number of rotatable bonds is 5. The zero-order chi connectivity index (χ0) is 23.7. The third-order valence-corrected chi connectivity index (χ3v) is 6.47. The van der Waals surface area contributed by atoms with Crippen molar-refractivity contribution in [2.24, 2.45) is 7.05 Å². The molecule has 0 bridgehead atoms. The highest BCUT2D eigenvalue weighted by molar-refractivity contribution is 6.30. The van der Waals surface area contributed by atoms with Crippen LogP contribution >= 0.6 is 11.6 Å². The summed E-state index contributed by atoms with van der Waals surface area (Å²) in [5, 5.41) is 17.1. The van der Waals surface area contributed by atoms with Crippen LogP contribution in [-0.4, -0.2) is 42.0 Å². The number of hydrogen-bond donors (Lipinski definition) is 1. The van der Waals surface area contributed by atoms with E-state index in [1.165, 1.54) is 0 Å². The molecule has 0 radical (unpaired) electrons. The molecule has 174 valence electrons. The minimum atomic E-state index is -0.163. The number of anilines is 1. The number of benzene rings is 2. The van der Waals surface area contributed by atoms with Gasteiger partial charge in [0.1, 0.15) is 11.6 Å². The SMILES string of the molecule is Cc1nnc([C@H]2CCCN2C(=O)Nc2cc(-c3ccccc3)nn2C)n1Cc1ccc(Cl)cc1. The number of carbonyl (C=O) groups is 1. The van der Waals surface area contributed by atoms with Crippen LogP contribution in [-0.2, 0) is 13.6 Å². The van der Waals surface area contributed by atoms with Gasteiger partial charge in [-0.05, 0) is 37.5 Å². The van der Waals surface area contributed by atoms with Crippen molar-refractivity contribution >= 4 is 23.4 Å². The van der Waals surface area contributed by atoms with E-state index >= 15 is 0 Å². The Balaban J connectivity index is 1.35. The number of halogens is 1. The molecule has 0 aliphatic carbocycles. The Morgan fingerprint density at radius 3 is 2.65 bits per heavy atom. The quantitative estimate of drug-likeness (QED) is 0.437. The Morgan fingerprint density at radius 2 is 1.88 bits per heavy atom. The molecule has 3 heterocycles.